The van der Waals surface area contributed by atoms with Crippen molar-refractivity contribution in [2.75, 3.05) is 7.05 Å². The lowest BCUT2D eigenvalue weighted by Crippen LogP contribution is -2.30. The largest absolute Gasteiger partial charge is 0.321 e. The zero-order valence-corrected chi connectivity index (χ0v) is 7.42. The van der Waals surface area contributed by atoms with E-state index in [1.807, 2.05) is 0 Å². The van der Waals surface area contributed by atoms with Gasteiger partial charge in [-0.25, -0.2) is 0 Å². The summed E-state index contributed by atoms with van der Waals surface area (Å²) in [5, 5.41) is 17.4. The van der Waals surface area contributed by atoms with Crippen LogP contribution in [0.2, 0.25) is 0 Å². The zero-order chi connectivity index (χ0) is 9.99. The van der Waals surface area contributed by atoms with Crippen molar-refractivity contribution in [1.29, 1.82) is 10.5 Å². The van der Waals surface area contributed by atoms with Crippen molar-refractivity contribution in [3.8, 4) is 10.8 Å². The van der Waals surface area contributed by atoms with Crippen LogP contribution in [0.3, 0.4) is 0 Å². The quantitative estimate of drug-likeness (QED) is 0.405. The lowest BCUT2D eigenvalue weighted by Gasteiger charge is -2.04. The molecule has 66 valence electrons. The predicted octanol–water partition coefficient (Wildman–Crippen LogP) is -1.46. The number of rotatable bonds is 2. The summed E-state index contributed by atoms with van der Waals surface area (Å²) in [4.78, 5) is 0. The first-order chi connectivity index (χ1) is 5.28. The molecule has 0 rings (SSSR count). The van der Waals surface area contributed by atoms with Gasteiger partial charge in [-0.3, -0.25) is 0 Å². The first kappa shape index (κ1) is 10.8. The molecule has 0 bridgehead atoms. The van der Waals surface area contributed by atoms with Gasteiger partial charge in [0.1, 0.15) is 0 Å². The molecule has 0 aromatic heterocycles. The van der Waals surface area contributed by atoms with Crippen LogP contribution in [0.15, 0.2) is 0 Å². The van der Waals surface area contributed by atoms with E-state index in [-0.39, 0.29) is 3.71 Å². The number of thiocyanates is 2. The number of nitriles is 2. The van der Waals surface area contributed by atoms with Crippen molar-refractivity contribution in [2.24, 2.45) is 0 Å². The topological polar surface area (TPSA) is 119 Å². The van der Waals surface area contributed by atoms with Crippen LogP contribution in [0.5, 0.6) is 0 Å². The lowest BCUT2D eigenvalue weighted by atomic mass is 11.6. The van der Waals surface area contributed by atoms with E-state index in [4.69, 9.17) is 10.5 Å². The van der Waals surface area contributed by atoms with Crippen molar-refractivity contribution in [3.05, 3.63) is 0 Å². The molecule has 0 aromatic carbocycles. The highest BCUT2D eigenvalue weighted by molar-refractivity contribution is 8.08. The molecule has 0 aromatic rings. The van der Waals surface area contributed by atoms with Gasteiger partial charge in [0.15, 0.2) is 0 Å². The highest BCUT2D eigenvalue weighted by Gasteiger charge is 2.29. The molecule has 7 nitrogen and oxygen atoms in total. The van der Waals surface area contributed by atoms with Gasteiger partial charge in [-0.1, -0.05) is 3.71 Å². The Bertz CT molecular complexity index is 403. The second-order valence-electron chi connectivity index (χ2n) is 1.57. The van der Waals surface area contributed by atoms with Crippen molar-refractivity contribution in [3.63, 3.8) is 0 Å². The molecule has 12 heavy (non-hydrogen) atoms. The molecule has 0 aliphatic heterocycles. The van der Waals surface area contributed by atoms with Crippen LogP contribution >= 0.6 is 0 Å². The average molecular weight is 209 g/mol. The second kappa shape index (κ2) is 3.06. The second-order valence-corrected chi connectivity index (χ2v) is 5.16. The van der Waals surface area contributed by atoms with Gasteiger partial charge < -0.3 is 0 Å². The summed E-state index contributed by atoms with van der Waals surface area (Å²) in [5.74, 6) is 0. The van der Waals surface area contributed by atoms with E-state index in [0.717, 1.165) is 10.8 Å². The van der Waals surface area contributed by atoms with E-state index in [1.165, 1.54) is 0 Å². The van der Waals surface area contributed by atoms with Gasteiger partial charge in [0.2, 0.25) is 10.8 Å². The molecule has 0 unspecified atom stereocenters. The molecule has 0 fully saturated rings. The summed E-state index contributed by atoms with van der Waals surface area (Å²) in [5.41, 5.74) is 0. The zero-order valence-electron chi connectivity index (χ0n) is 5.79. The van der Waals surface area contributed by atoms with Crippen LogP contribution in [-0.4, -0.2) is 27.6 Å². The van der Waals surface area contributed by atoms with E-state index in [2.05, 4.69) is 0 Å². The Morgan fingerprint density at radius 3 is 1.42 bits per heavy atom. The van der Waals surface area contributed by atoms with Crippen molar-refractivity contribution < 1.29 is 16.8 Å². The Morgan fingerprint density at radius 2 is 1.25 bits per heavy atom. The minimum Gasteiger partial charge on any atom is -0.195 e. The van der Waals surface area contributed by atoms with E-state index in [0.29, 0.717) is 7.05 Å². The molecule has 0 amide bonds. The van der Waals surface area contributed by atoms with E-state index < -0.39 is 20.0 Å². The highest BCUT2D eigenvalue weighted by atomic mass is 32.3. The average Bonchev–Trinajstić information content (AvgIpc) is 2.03. The number of hydrogen-bond acceptors (Lipinski definition) is 6. The smallest absolute Gasteiger partial charge is 0.195 e. The van der Waals surface area contributed by atoms with Crippen molar-refractivity contribution >= 4 is 20.0 Å². The van der Waals surface area contributed by atoms with Crippen LogP contribution in [0.1, 0.15) is 0 Å². The third-order valence-corrected chi connectivity index (χ3v) is 3.90. The first-order valence-corrected chi connectivity index (χ1v) is 5.21. The summed E-state index contributed by atoms with van der Waals surface area (Å²) in [6.07, 6.45) is 0. The van der Waals surface area contributed by atoms with Gasteiger partial charge in [0, 0.05) is 7.05 Å². The minimum atomic E-state index is -4.54. The molecule has 0 aliphatic carbocycles. The van der Waals surface area contributed by atoms with E-state index >= 15 is 0 Å². The molecule has 0 aliphatic rings. The third kappa shape index (κ3) is 1.92. The van der Waals surface area contributed by atoms with Gasteiger partial charge in [0.05, 0.1) is 0 Å². The van der Waals surface area contributed by atoms with Gasteiger partial charge in [0.25, 0.3) is 0 Å². The Kier molecular flexibility index (Phi) is 2.77. The Balaban J connectivity index is 5.37. The summed E-state index contributed by atoms with van der Waals surface area (Å²) >= 11 is 0. The van der Waals surface area contributed by atoms with Crippen molar-refractivity contribution in [1.82, 2.24) is 3.71 Å². The molecule has 0 N–H and O–H groups in total. The maximum Gasteiger partial charge on any atom is 0.321 e. The molecule has 0 saturated heterocycles. The number of hydrogen-bond donors (Lipinski definition) is 0. The fourth-order valence-electron chi connectivity index (χ4n) is 0.244. The summed E-state index contributed by atoms with van der Waals surface area (Å²) < 4.78 is 41.9. The maximum absolute atomic E-state index is 10.5. The van der Waals surface area contributed by atoms with Gasteiger partial charge in [-0.2, -0.15) is 27.4 Å². The standard InChI is InChI=1S/C3H3N3O4S2/c1-6(11(7,8)2-4)12(9,10)3-5/h1H3. The van der Waals surface area contributed by atoms with Gasteiger partial charge >= 0.3 is 20.0 Å². The normalized spacial score (nSPS) is 12.0. The molecule has 9 heteroatoms. The van der Waals surface area contributed by atoms with Crippen LogP contribution in [0.4, 0.5) is 0 Å². The lowest BCUT2D eigenvalue weighted by molar-refractivity contribution is 0.539. The highest BCUT2D eigenvalue weighted by Crippen LogP contribution is 2.03. The van der Waals surface area contributed by atoms with Crippen LogP contribution in [0.25, 0.3) is 0 Å². The van der Waals surface area contributed by atoms with Crippen LogP contribution < -0.4 is 0 Å². The Labute approximate surface area is 69.5 Å². The van der Waals surface area contributed by atoms with E-state index in [1.54, 1.807) is 0 Å². The monoisotopic (exact) mass is 209 g/mol. The summed E-state index contributed by atoms with van der Waals surface area (Å²) in [7, 11) is -8.47. The van der Waals surface area contributed by atoms with Gasteiger partial charge in [-0.05, 0) is 0 Å². The summed E-state index contributed by atoms with van der Waals surface area (Å²) in [6, 6.07) is 0. The Morgan fingerprint density at radius 1 is 1.00 bits per heavy atom. The molecule has 0 radical (unpaired) electrons. The molecule has 0 atom stereocenters. The number of sulfonamides is 2. The molecular weight excluding hydrogens is 206 g/mol. The molecule has 0 spiro atoms. The number of nitrogens with zero attached hydrogens (tertiary/aromatic N) is 3. The van der Waals surface area contributed by atoms with Crippen molar-refractivity contribution in [2.45, 2.75) is 0 Å². The SMILES string of the molecule is CN(S(=O)(=O)C#N)S(=O)(=O)C#N. The molecule has 0 saturated carbocycles. The van der Waals surface area contributed by atoms with Gasteiger partial charge in [-0.15, -0.1) is 0 Å². The first-order valence-electron chi connectivity index (χ1n) is 2.33. The Hall–Kier alpha value is -1.16. The summed E-state index contributed by atoms with van der Waals surface area (Å²) in [6.45, 7) is 0. The predicted molar refractivity (Wildman–Crippen MR) is 36.8 cm³/mol. The fourth-order valence-corrected chi connectivity index (χ4v) is 1.71. The maximum atomic E-state index is 10.5. The van der Waals surface area contributed by atoms with Crippen LogP contribution in [0, 0.1) is 21.3 Å². The fraction of sp³-hybridized carbons (Fsp3) is 0.333. The van der Waals surface area contributed by atoms with Crippen LogP contribution in [-0.2, 0) is 20.0 Å². The third-order valence-electron chi connectivity index (χ3n) is 0.908. The molecule has 0 heterocycles. The van der Waals surface area contributed by atoms with E-state index in [9.17, 15) is 16.8 Å². The minimum absolute atomic E-state index is 0.292. The molecular formula is C3H3N3O4S2.